The van der Waals surface area contributed by atoms with E-state index < -0.39 is 0 Å². The van der Waals surface area contributed by atoms with Crippen molar-refractivity contribution in [3.63, 3.8) is 0 Å². The summed E-state index contributed by atoms with van der Waals surface area (Å²) in [5.74, 6) is 0.889. The summed E-state index contributed by atoms with van der Waals surface area (Å²) in [4.78, 5) is 13.3. The highest BCUT2D eigenvalue weighted by molar-refractivity contribution is 5.93. The number of anilines is 1. The topological polar surface area (TPSA) is 42.8 Å². The fourth-order valence-corrected chi connectivity index (χ4v) is 2.42. The second-order valence-corrected chi connectivity index (χ2v) is 5.86. The third kappa shape index (κ3) is 5.42. The molecule has 0 heterocycles. The third-order valence-corrected chi connectivity index (χ3v) is 3.75. The maximum atomic E-state index is 12.2. The van der Waals surface area contributed by atoms with Gasteiger partial charge in [0, 0.05) is 5.69 Å². The smallest absolute Gasteiger partial charge is 0.279 e. The average Bonchev–Trinajstić information content (AvgIpc) is 2.52. The van der Waals surface area contributed by atoms with Gasteiger partial charge < -0.3 is 15.0 Å². The van der Waals surface area contributed by atoms with Crippen molar-refractivity contribution in [1.82, 2.24) is 0 Å². The molecule has 0 aliphatic heterocycles. The second-order valence-electron chi connectivity index (χ2n) is 5.86. The Balaban J connectivity index is 1.76. The fraction of sp³-hybridized carbons (Fsp3) is 0.316. The van der Waals surface area contributed by atoms with Crippen molar-refractivity contribution < 1.29 is 14.4 Å². The minimum atomic E-state index is 0.0274. The van der Waals surface area contributed by atoms with Gasteiger partial charge in [-0.3, -0.25) is 4.79 Å². The highest BCUT2D eigenvalue weighted by Crippen LogP contribution is 2.18. The summed E-state index contributed by atoms with van der Waals surface area (Å²) in [5.41, 5.74) is 3.10. The van der Waals surface area contributed by atoms with Gasteiger partial charge in [0.2, 0.25) is 0 Å². The number of aryl methyl sites for hydroxylation is 2. The monoisotopic (exact) mass is 313 g/mol. The van der Waals surface area contributed by atoms with E-state index in [1.54, 1.807) is 0 Å². The summed E-state index contributed by atoms with van der Waals surface area (Å²) in [6.07, 6.45) is 0. The number of para-hydroxylation sites is 2. The van der Waals surface area contributed by atoms with Crippen LogP contribution in [0.15, 0.2) is 48.5 Å². The number of ether oxygens (including phenoxy) is 1. The lowest BCUT2D eigenvalue weighted by atomic mass is 10.1. The van der Waals surface area contributed by atoms with Crippen LogP contribution in [-0.2, 0) is 4.79 Å². The number of hydrogen-bond acceptors (Lipinski definition) is 2. The van der Waals surface area contributed by atoms with Crippen LogP contribution >= 0.6 is 0 Å². The van der Waals surface area contributed by atoms with Gasteiger partial charge in [0.1, 0.15) is 18.9 Å². The first-order valence-corrected chi connectivity index (χ1v) is 7.91. The van der Waals surface area contributed by atoms with Gasteiger partial charge in [-0.15, -0.1) is 0 Å². The zero-order valence-electron chi connectivity index (χ0n) is 14.1. The maximum Gasteiger partial charge on any atom is 0.279 e. The van der Waals surface area contributed by atoms with Crippen LogP contribution in [-0.4, -0.2) is 32.7 Å². The first-order chi connectivity index (χ1) is 11.1. The molecule has 0 spiro atoms. The van der Waals surface area contributed by atoms with Crippen LogP contribution in [0.5, 0.6) is 5.75 Å². The zero-order chi connectivity index (χ0) is 16.7. The number of rotatable bonds is 7. The highest BCUT2D eigenvalue weighted by atomic mass is 16.5. The van der Waals surface area contributed by atoms with Crippen molar-refractivity contribution in [2.75, 3.05) is 32.1 Å². The Morgan fingerprint density at radius 2 is 1.70 bits per heavy atom. The van der Waals surface area contributed by atoms with Gasteiger partial charge in [-0.1, -0.05) is 36.4 Å². The van der Waals surface area contributed by atoms with Gasteiger partial charge in [0.05, 0.1) is 7.05 Å². The second kappa shape index (κ2) is 8.34. The predicted molar refractivity (Wildman–Crippen MR) is 93.1 cm³/mol. The number of carbonyl (C=O) groups is 1. The van der Waals surface area contributed by atoms with Gasteiger partial charge in [-0.05, 0) is 37.1 Å². The van der Waals surface area contributed by atoms with E-state index in [1.807, 2.05) is 69.4 Å². The molecule has 0 fully saturated rings. The Hall–Kier alpha value is -2.33. The first-order valence-electron chi connectivity index (χ1n) is 7.91. The maximum absolute atomic E-state index is 12.2. The van der Waals surface area contributed by atoms with E-state index in [4.69, 9.17) is 4.74 Å². The molecule has 0 aliphatic carbocycles. The standard InChI is InChI=1S/C19H24N2O2/c1-15-8-7-9-16(2)19(15)20-18(22)14-21(3)12-13-23-17-10-5-4-6-11-17/h4-11H,12-14H2,1-3H3,(H,20,22)/p+1. The van der Waals surface area contributed by atoms with Crippen LogP contribution in [0.25, 0.3) is 0 Å². The van der Waals surface area contributed by atoms with E-state index in [2.05, 4.69) is 5.32 Å². The molecule has 1 amide bonds. The molecule has 2 aromatic rings. The minimum Gasteiger partial charge on any atom is -0.488 e. The van der Waals surface area contributed by atoms with Crippen molar-refractivity contribution in [1.29, 1.82) is 0 Å². The van der Waals surface area contributed by atoms with Crippen molar-refractivity contribution >= 4 is 11.6 Å². The lowest BCUT2D eigenvalue weighted by Gasteiger charge is -2.16. The molecule has 23 heavy (non-hydrogen) atoms. The lowest BCUT2D eigenvalue weighted by Crippen LogP contribution is -3.10. The highest BCUT2D eigenvalue weighted by Gasteiger charge is 2.12. The van der Waals surface area contributed by atoms with Crippen LogP contribution < -0.4 is 15.0 Å². The quantitative estimate of drug-likeness (QED) is 0.819. The van der Waals surface area contributed by atoms with Crippen LogP contribution in [0.3, 0.4) is 0 Å². The molecule has 0 aromatic heterocycles. The molecule has 0 radical (unpaired) electrons. The molecule has 122 valence electrons. The number of amides is 1. The molecule has 1 atom stereocenters. The van der Waals surface area contributed by atoms with Gasteiger partial charge >= 0.3 is 0 Å². The van der Waals surface area contributed by atoms with Gasteiger partial charge in [0.15, 0.2) is 6.54 Å². The molecule has 0 bridgehead atoms. The number of quaternary nitrogens is 1. The molecule has 2 N–H and O–H groups in total. The molecule has 0 saturated heterocycles. The molecular formula is C19H25N2O2+. The number of hydrogen-bond donors (Lipinski definition) is 2. The number of benzene rings is 2. The number of likely N-dealkylation sites (N-methyl/N-ethyl adjacent to an activating group) is 1. The Morgan fingerprint density at radius 3 is 2.35 bits per heavy atom. The van der Waals surface area contributed by atoms with Gasteiger partial charge in [-0.2, -0.15) is 0 Å². The van der Waals surface area contributed by atoms with Crippen LogP contribution in [0.1, 0.15) is 11.1 Å². The van der Waals surface area contributed by atoms with E-state index in [-0.39, 0.29) is 5.91 Å². The van der Waals surface area contributed by atoms with Crippen LogP contribution in [0.2, 0.25) is 0 Å². The largest absolute Gasteiger partial charge is 0.488 e. The molecule has 2 aromatic carbocycles. The van der Waals surface area contributed by atoms with E-state index in [1.165, 1.54) is 0 Å². The molecular weight excluding hydrogens is 288 g/mol. The molecule has 1 unspecified atom stereocenters. The van der Waals surface area contributed by atoms with Crippen LogP contribution in [0.4, 0.5) is 5.69 Å². The Morgan fingerprint density at radius 1 is 1.04 bits per heavy atom. The third-order valence-electron chi connectivity index (χ3n) is 3.75. The SMILES string of the molecule is Cc1cccc(C)c1NC(=O)C[NH+](C)CCOc1ccccc1. The summed E-state index contributed by atoms with van der Waals surface area (Å²) in [6.45, 7) is 5.80. The summed E-state index contributed by atoms with van der Waals surface area (Å²) in [6, 6.07) is 15.7. The Bertz CT molecular complexity index is 621. The molecule has 0 saturated carbocycles. The lowest BCUT2D eigenvalue weighted by molar-refractivity contribution is -0.871. The van der Waals surface area contributed by atoms with Crippen LogP contribution in [0, 0.1) is 13.8 Å². The fourth-order valence-electron chi connectivity index (χ4n) is 2.42. The molecule has 4 nitrogen and oxygen atoms in total. The zero-order valence-corrected chi connectivity index (χ0v) is 14.1. The average molecular weight is 313 g/mol. The first kappa shape index (κ1) is 17.0. The van der Waals surface area contributed by atoms with E-state index in [0.29, 0.717) is 13.2 Å². The van der Waals surface area contributed by atoms with Crippen molar-refractivity contribution in [2.24, 2.45) is 0 Å². The predicted octanol–water partition coefficient (Wildman–Crippen LogP) is 1.84. The van der Waals surface area contributed by atoms with E-state index in [0.717, 1.165) is 34.0 Å². The molecule has 2 rings (SSSR count). The van der Waals surface area contributed by atoms with Crippen molar-refractivity contribution in [3.8, 4) is 5.75 Å². The molecule has 0 aliphatic rings. The normalized spacial score (nSPS) is 11.8. The Kier molecular flexibility index (Phi) is 6.18. The Labute approximate surface area is 138 Å². The van der Waals surface area contributed by atoms with E-state index in [9.17, 15) is 4.79 Å². The van der Waals surface area contributed by atoms with E-state index >= 15 is 0 Å². The molecule has 4 heteroatoms. The minimum absolute atomic E-state index is 0.0274. The van der Waals surface area contributed by atoms with Crippen molar-refractivity contribution in [2.45, 2.75) is 13.8 Å². The number of carbonyl (C=O) groups excluding carboxylic acids is 1. The summed E-state index contributed by atoms with van der Waals surface area (Å²) in [5, 5.41) is 3.02. The summed E-state index contributed by atoms with van der Waals surface area (Å²) >= 11 is 0. The van der Waals surface area contributed by atoms with Gasteiger partial charge in [0.25, 0.3) is 5.91 Å². The summed E-state index contributed by atoms with van der Waals surface area (Å²) < 4.78 is 5.66. The van der Waals surface area contributed by atoms with Gasteiger partial charge in [-0.25, -0.2) is 0 Å². The van der Waals surface area contributed by atoms with Crippen molar-refractivity contribution in [3.05, 3.63) is 59.7 Å². The number of nitrogens with one attached hydrogen (secondary N) is 2. The summed E-state index contributed by atoms with van der Waals surface area (Å²) in [7, 11) is 2.00.